The van der Waals surface area contributed by atoms with E-state index in [9.17, 15) is 4.79 Å². The molecule has 1 aliphatic carbocycles. The second kappa shape index (κ2) is 7.66. The number of rotatable bonds is 9. The lowest BCUT2D eigenvalue weighted by molar-refractivity contribution is -0.120. The predicted octanol–water partition coefficient (Wildman–Crippen LogP) is 1.93. The van der Waals surface area contributed by atoms with Crippen molar-refractivity contribution in [2.45, 2.75) is 46.0 Å². The number of amides is 1. The van der Waals surface area contributed by atoms with Gasteiger partial charge in [0.1, 0.15) is 0 Å². The third-order valence-corrected chi connectivity index (χ3v) is 2.95. The van der Waals surface area contributed by atoms with Crippen LogP contribution < -0.4 is 10.6 Å². The molecule has 1 aliphatic rings. The molecule has 0 aromatic rings. The van der Waals surface area contributed by atoms with Gasteiger partial charge in [0.25, 0.3) is 0 Å². The first kappa shape index (κ1) is 13.5. The quantitative estimate of drug-likeness (QED) is 0.590. The van der Waals surface area contributed by atoms with Crippen LogP contribution in [-0.4, -0.2) is 25.5 Å². The zero-order valence-electron chi connectivity index (χ0n) is 10.7. The Labute approximate surface area is 99.4 Å². The van der Waals surface area contributed by atoms with Crippen LogP contribution in [-0.2, 0) is 4.79 Å². The van der Waals surface area contributed by atoms with Crippen LogP contribution in [0.15, 0.2) is 0 Å². The van der Waals surface area contributed by atoms with Gasteiger partial charge in [-0.25, -0.2) is 0 Å². The number of carbonyl (C=O) groups is 1. The van der Waals surface area contributed by atoms with E-state index >= 15 is 0 Å². The number of hydrogen-bond donors (Lipinski definition) is 2. The molecule has 0 aliphatic heterocycles. The molecule has 0 aromatic carbocycles. The van der Waals surface area contributed by atoms with Crippen LogP contribution >= 0.6 is 0 Å². The van der Waals surface area contributed by atoms with Crippen molar-refractivity contribution in [3.8, 4) is 0 Å². The lowest BCUT2D eigenvalue weighted by Crippen LogP contribution is -2.35. The molecule has 0 atom stereocenters. The van der Waals surface area contributed by atoms with E-state index in [4.69, 9.17) is 0 Å². The molecule has 1 rings (SSSR count). The molecule has 0 unspecified atom stereocenters. The second-order valence-electron chi connectivity index (χ2n) is 5.31. The first-order valence-electron chi connectivity index (χ1n) is 6.66. The molecule has 3 heteroatoms. The summed E-state index contributed by atoms with van der Waals surface area (Å²) in [7, 11) is 0. The predicted molar refractivity (Wildman–Crippen MR) is 67.3 cm³/mol. The molecule has 0 spiro atoms. The highest BCUT2D eigenvalue weighted by Gasteiger charge is 2.20. The van der Waals surface area contributed by atoms with E-state index in [2.05, 4.69) is 24.5 Å². The normalized spacial score (nSPS) is 15.4. The van der Waals surface area contributed by atoms with Crippen LogP contribution in [0.5, 0.6) is 0 Å². The molecular weight excluding hydrogens is 200 g/mol. The minimum atomic E-state index is 0.144. The fourth-order valence-corrected chi connectivity index (χ4v) is 1.68. The molecular formula is C13H26N2O. The maximum atomic E-state index is 11.4. The van der Waals surface area contributed by atoms with Crippen molar-refractivity contribution in [1.82, 2.24) is 10.6 Å². The Bertz CT molecular complexity index is 200. The zero-order valence-corrected chi connectivity index (χ0v) is 10.7. The summed E-state index contributed by atoms with van der Waals surface area (Å²) < 4.78 is 0. The summed E-state index contributed by atoms with van der Waals surface area (Å²) in [5.41, 5.74) is 0. The van der Waals surface area contributed by atoms with E-state index in [0.717, 1.165) is 31.3 Å². The molecule has 0 aromatic heterocycles. The van der Waals surface area contributed by atoms with Crippen LogP contribution in [0.4, 0.5) is 0 Å². The highest BCUT2D eigenvalue weighted by Crippen LogP contribution is 2.27. The Hall–Kier alpha value is -0.570. The monoisotopic (exact) mass is 226 g/mol. The average molecular weight is 226 g/mol. The summed E-state index contributed by atoms with van der Waals surface area (Å²) in [6.45, 7) is 6.80. The molecule has 3 nitrogen and oxygen atoms in total. The van der Waals surface area contributed by atoms with Crippen LogP contribution in [0.25, 0.3) is 0 Å². The summed E-state index contributed by atoms with van der Waals surface area (Å²) in [6, 6.07) is 0. The van der Waals surface area contributed by atoms with Crippen molar-refractivity contribution in [1.29, 1.82) is 0 Å². The lowest BCUT2D eigenvalue weighted by Gasteiger charge is -2.07. The van der Waals surface area contributed by atoms with Gasteiger partial charge in [0.2, 0.25) is 5.91 Å². The smallest absolute Gasteiger partial charge is 0.233 e. The maximum Gasteiger partial charge on any atom is 0.233 e. The number of hydrogen-bond acceptors (Lipinski definition) is 2. The van der Waals surface area contributed by atoms with Gasteiger partial charge < -0.3 is 10.6 Å². The number of carbonyl (C=O) groups excluding carboxylic acids is 1. The molecule has 2 N–H and O–H groups in total. The molecule has 0 heterocycles. The molecule has 94 valence electrons. The van der Waals surface area contributed by atoms with E-state index in [1.54, 1.807) is 0 Å². The molecule has 16 heavy (non-hydrogen) atoms. The Kier molecular flexibility index (Phi) is 6.46. The Morgan fingerprint density at radius 2 is 2.06 bits per heavy atom. The van der Waals surface area contributed by atoms with Crippen LogP contribution in [0.3, 0.4) is 0 Å². The van der Waals surface area contributed by atoms with Crippen LogP contribution in [0.2, 0.25) is 0 Å². The number of nitrogens with one attached hydrogen (secondary N) is 2. The summed E-state index contributed by atoms with van der Waals surface area (Å²) >= 11 is 0. The molecule has 0 saturated heterocycles. The third-order valence-electron chi connectivity index (χ3n) is 2.95. The number of unbranched alkanes of at least 4 members (excludes halogenated alkanes) is 1. The maximum absolute atomic E-state index is 11.4. The van der Waals surface area contributed by atoms with Gasteiger partial charge in [-0.15, -0.1) is 0 Å². The van der Waals surface area contributed by atoms with Gasteiger partial charge in [-0.2, -0.15) is 0 Å². The van der Waals surface area contributed by atoms with Crippen molar-refractivity contribution >= 4 is 5.91 Å². The third kappa shape index (κ3) is 7.69. The van der Waals surface area contributed by atoms with E-state index < -0.39 is 0 Å². The lowest BCUT2D eigenvalue weighted by atomic mass is 10.1. The Balaban J connectivity index is 1.81. The van der Waals surface area contributed by atoms with Crippen LogP contribution in [0, 0.1) is 11.8 Å². The van der Waals surface area contributed by atoms with Gasteiger partial charge in [0.05, 0.1) is 6.54 Å². The van der Waals surface area contributed by atoms with Gasteiger partial charge in [-0.3, -0.25) is 4.79 Å². The second-order valence-corrected chi connectivity index (χ2v) is 5.31. The van der Waals surface area contributed by atoms with Crippen molar-refractivity contribution in [3.63, 3.8) is 0 Å². The van der Waals surface area contributed by atoms with Gasteiger partial charge in [0.15, 0.2) is 0 Å². The molecule has 1 amide bonds. The van der Waals surface area contributed by atoms with E-state index in [0.29, 0.717) is 6.54 Å². The standard InChI is InChI=1S/C13H26N2O/c1-11(2)5-3-4-8-15-13(16)10-14-9-12-6-7-12/h11-12,14H,3-10H2,1-2H3,(H,15,16). The van der Waals surface area contributed by atoms with Gasteiger partial charge in [0, 0.05) is 6.54 Å². The van der Waals surface area contributed by atoms with Crippen molar-refractivity contribution in [2.24, 2.45) is 11.8 Å². The minimum Gasteiger partial charge on any atom is -0.355 e. The van der Waals surface area contributed by atoms with Gasteiger partial charge in [-0.1, -0.05) is 26.7 Å². The summed E-state index contributed by atoms with van der Waals surface area (Å²) in [4.78, 5) is 11.4. The summed E-state index contributed by atoms with van der Waals surface area (Å²) in [5, 5.41) is 6.14. The van der Waals surface area contributed by atoms with Crippen molar-refractivity contribution in [2.75, 3.05) is 19.6 Å². The highest BCUT2D eigenvalue weighted by atomic mass is 16.1. The molecule has 0 bridgehead atoms. The first-order valence-corrected chi connectivity index (χ1v) is 6.66. The highest BCUT2D eigenvalue weighted by molar-refractivity contribution is 5.77. The SMILES string of the molecule is CC(C)CCCCNC(=O)CNCC1CC1. The van der Waals surface area contributed by atoms with E-state index in [-0.39, 0.29) is 5.91 Å². The molecule has 1 fully saturated rings. The van der Waals surface area contributed by atoms with E-state index in [1.807, 2.05) is 0 Å². The van der Waals surface area contributed by atoms with Gasteiger partial charge in [-0.05, 0) is 37.6 Å². The average Bonchev–Trinajstić information content (AvgIpc) is 3.00. The molecule has 1 saturated carbocycles. The zero-order chi connectivity index (χ0) is 11.8. The fourth-order valence-electron chi connectivity index (χ4n) is 1.68. The Morgan fingerprint density at radius 3 is 2.69 bits per heavy atom. The summed E-state index contributed by atoms with van der Waals surface area (Å²) in [6.07, 6.45) is 6.25. The van der Waals surface area contributed by atoms with Crippen molar-refractivity contribution in [3.05, 3.63) is 0 Å². The van der Waals surface area contributed by atoms with Crippen LogP contribution in [0.1, 0.15) is 46.0 Å². The Morgan fingerprint density at radius 1 is 1.31 bits per heavy atom. The first-order chi connectivity index (χ1) is 7.68. The van der Waals surface area contributed by atoms with E-state index in [1.165, 1.54) is 25.7 Å². The van der Waals surface area contributed by atoms with Crippen molar-refractivity contribution < 1.29 is 4.79 Å². The minimum absolute atomic E-state index is 0.144. The summed E-state index contributed by atoms with van der Waals surface area (Å²) in [5.74, 6) is 1.76. The topological polar surface area (TPSA) is 41.1 Å². The molecule has 0 radical (unpaired) electrons. The largest absolute Gasteiger partial charge is 0.355 e. The fraction of sp³-hybridized carbons (Fsp3) is 0.923. The van der Waals surface area contributed by atoms with Gasteiger partial charge >= 0.3 is 0 Å².